The fraction of sp³-hybridized carbons (Fsp3) is 0.606. The highest BCUT2D eigenvalue weighted by atomic mass is 32.2. The van der Waals surface area contributed by atoms with Gasteiger partial charge in [0.2, 0.25) is 5.91 Å². The normalized spacial score (nSPS) is 27.6. The van der Waals surface area contributed by atoms with Crippen LogP contribution >= 0.6 is 11.8 Å². The van der Waals surface area contributed by atoms with Gasteiger partial charge in [0.1, 0.15) is 6.04 Å². The molecule has 1 aromatic rings. The van der Waals surface area contributed by atoms with Crippen LogP contribution in [0.15, 0.2) is 49.6 Å². The zero-order chi connectivity index (χ0) is 30.5. The van der Waals surface area contributed by atoms with Gasteiger partial charge in [0.25, 0.3) is 5.91 Å². The highest BCUT2D eigenvalue weighted by Gasteiger charge is 2.77. The van der Waals surface area contributed by atoms with Gasteiger partial charge in [-0.05, 0) is 83.6 Å². The molecule has 42 heavy (non-hydrogen) atoms. The van der Waals surface area contributed by atoms with E-state index in [0.29, 0.717) is 38.8 Å². The first-order valence-electron chi connectivity index (χ1n) is 15.4. The first-order chi connectivity index (χ1) is 20.2. The van der Waals surface area contributed by atoms with Crippen molar-refractivity contribution in [3.63, 3.8) is 0 Å². The molecule has 4 rings (SSSR count). The number of allylic oxidation sites excluding steroid dienone is 1. The van der Waals surface area contributed by atoms with E-state index in [1.807, 2.05) is 24.3 Å². The number of anilines is 2. The molecule has 0 aliphatic carbocycles. The fourth-order valence-electron chi connectivity index (χ4n) is 7.22. The molecule has 3 fully saturated rings. The molecule has 0 saturated carbocycles. The van der Waals surface area contributed by atoms with Gasteiger partial charge in [0.05, 0.1) is 23.2 Å². The summed E-state index contributed by atoms with van der Waals surface area (Å²) in [6, 6.07) is 7.26. The van der Waals surface area contributed by atoms with E-state index >= 15 is 0 Å². The number of amides is 2. The molecule has 9 heteroatoms. The third-order valence-corrected chi connectivity index (χ3v) is 11.2. The number of aliphatic hydroxyl groups excluding tert-OH is 1. The molecule has 0 aromatic heterocycles. The largest absolute Gasteiger partial charge is 0.465 e. The van der Waals surface area contributed by atoms with Crippen molar-refractivity contribution >= 4 is 40.9 Å². The van der Waals surface area contributed by atoms with Gasteiger partial charge in [-0.3, -0.25) is 14.4 Å². The molecule has 230 valence electrons. The van der Waals surface area contributed by atoms with E-state index in [2.05, 4.69) is 38.8 Å². The number of aliphatic hydroxyl groups is 1. The molecular formula is C33H47N3O5S. The summed E-state index contributed by atoms with van der Waals surface area (Å²) >= 11 is 1.65. The summed E-state index contributed by atoms with van der Waals surface area (Å²) in [6.45, 7) is 16.7. The number of hydrogen-bond donors (Lipinski definition) is 1. The fourth-order valence-corrected chi connectivity index (χ4v) is 9.56. The lowest BCUT2D eigenvalue weighted by Crippen LogP contribution is -2.55. The maximum Gasteiger partial charge on any atom is 0.311 e. The number of esters is 1. The number of unbranched alkanes of at least 4 members (excludes halogenated alkanes) is 2. The van der Waals surface area contributed by atoms with Crippen molar-refractivity contribution in [2.45, 2.75) is 74.8 Å². The number of hydrogen-bond acceptors (Lipinski definition) is 7. The highest BCUT2D eigenvalue weighted by Crippen LogP contribution is 2.71. The molecule has 3 aliphatic rings. The monoisotopic (exact) mass is 597 g/mol. The first-order valence-corrected chi connectivity index (χ1v) is 16.2. The van der Waals surface area contributed by atoms with Crippen molar-refractivity contribution < 1.29 is 24.2 Å². The van der Waals surface area contributed by atoms with E-state index < -0.39 is 27.4 Å². The predicted molar refractivity (Wildman–Crippen MR) is 170 cm³/mol. The lowest BCUT2D eigenvalue weighted by atomic mass is 9.66. The Bertz CT molecular complexity index is 1150. The molecule has 3 heterocycles. The first kappa shape index (κ1) is 32.1. The number of rotatable bonds is 16. The lowest BCUT2D eigenvalue weighted by Gasteiger charge is -2.37. The molecule has 1 aromatic carbocycles. The third-order valence-electron chi connectivity index (χ3n) is 9.24. The number of carbonyl (C=O) groups is 3. The van der Waals surface area contributed by atoms with Crippen LogP contribution in [0.2, 0.25) is 0 Å². The second-order valence-electron chi connectivity index (χ2n) is 11.7. The van der Waals surface area contributed by atoms with E-state index in [1.54, 1.807) is 33.7 Å². The second kappa shape index (κ2) is 13.7. The Morgan fingerprint density at radius 2 is 1.79 bits per heavy atom. The van der Waals surface area contributed by atoms with Gasteiger partial charge in [-0.25, -0.2) is 0 Å². The molecule has 0 radical (unpaired) electrons. The molecule has 2 amide bonds. The quantitative estimate of drug-likeness (QED) is 0.166. The van der Waals surface area contributed by atoms with Crippen molar-refractivity contribution in [2.24, 2.45) is 11.8 Å². The molecule has 1 N–H and O–H groups in total. The van der Waals surface area contributed by atoms with E-state index in [4.69, 9.17) is 4.74 Å². The summed E-state index contributed by atoms with van der Waals surface area (Å²) in [7, 11) is 0. The van der Waals surface area contributed by atoms with Crippen LogP contribution in [0.5, 0.6) is 0 Å². The standard InChI is InChI=1S/C33H47N3O5S/c1-6-10-13-23-41-31(40)27-26-29(38)36(21-11-12-22-37)28(33(26)19-18-32(27,5)42-33)30(39)35(20-7-2)25-16-14-24(15-17-25)34(8-3)9-4/h6-7,14-17,26-28,37H,1-2,8-13,18-23H2,3-5H3/t26-,27-,28?,32+,33?/m0/s1. The Kier molecular flexibility index (Phi) is 10.5. The van der Waals surface area contributed by atoms with Crippen LogP contribution < -0.4 is 9.80 Å². The Labute approximate surface area is 255 Å². The SMILES string of the molecule is C=CCCCOC(=O)[C@@H]1[C@H]2C(=O)N(CCCCO)C(C(=O)N(CC=C)c3ccc(N(CC)CC)cc3)C23CC[C@@]1(C)S3. The van der Waals surface area contributed by atoms with E-state index in [0.717, 1.165) is 37.3 Å². The topological polar surface area (TPSA) is 90.4 Å². The van der Waals surface area contributed by atoms with Gasteiger partial charge in [-0.15, -0.1) is 24.9 Å². The third kappa shape index (κ3) is 5.74. The van der Waals surface area contributed by atoms with Gasteiger partial charge in [-0.1, -0.05) is 12.2 Å². The molecular weight excluding hydrogens is 550 g/mol. The van der Waals surface area contributed by atoms with Gasteiger partial charge >= 0.3 is 5.97 Å². The molecule has 2 bridgehead atoms. The Balaban J connectivity index is 1.70. The molecule has 8 nitrogen and oxygen atoms in total. The highest BCUT2D eigenvalue weighted by molar-refractivity contribution is 8.02. The maximum absolute atomic E-state index is 14.7. The van der Waals surface area contributed by atoms with Crippen molar-refractivity contribution in [3.8, 4) is 0 Å². The molecule has 2 unspecified atom stereocenters. The summed E-state index contributed by atoms with van der Waals surface area (Å²) in [5.41, 5.74) is 1.84. The van der Waals surface area contributed by atoms with Crippen molar-refractivity contribution in [3.05, 3.63) is 49.6 Å². The van der Waals surface area contributed by atoms with E-state index in [1.165, 1.54) is 0 Å². The summed E-state index contributed by atoms with van der Waals surface area (Å²) in [4.78, 5) is 48.2. The van der Waals surface area contributed by atoms with Crippen molar-refractivity contribution in [1.82, 2.24) is 4.90 Å². The average Bonchev–Trinajstić information content (AvgIpc) is 3.55. The van der Waals surface area contributed by atoms with E-state index in [9.17, 15) is 19.5 Å². The van der Waals surface area contributed by atoms with Crippen LogP contribution in [-0.4, -0.2) is 82.7 Å². The number of thioether (sulfide) groups is 1. The molecule has 5 atom stereocenters. The Hall–Kier alpha value is -2.78. The lowest BCUT2D eigenvalue weighted by molar-refractivity contribution is -0.155. The smallest absolute Gasteiger partial charge is 0.311 e. The minimum Gasteiger partial charge on any atom is -0.465 e. The van der Waals surface area contributed by atoms with Crippen molar-refractivity contribution in [2.75, 3.05) is 49.2 Å². The van der Waals surface area contributed by atoms with Gasteiger partial charge < -0.3 is 24.5 Å². The van der Waals surface area contributed by atoms with Crippen LogP contribution in [-0.2, 0) is 19.1 Å². The zero-order valence-corrected chi connectivity index (χ0v) is 26.2. The van der Waals surface area contributed by atoms with Crippen LogP contribution in [0.4, 0.5) is 11.4 Å². The zero-order valence-electron chi connectivity index (χ0n) is 25.4. The van der Waals surface area contributed by atoms with Gasteiger partial charge in [-0.2, -0.15) is 0 Å². The van der Waals surface area contributed by atoms with Crippen molar-refractivity contribution in [1.29, 1.82) is 0 Å². The minimum absolute atomic E-state index is 0.0170. The number of nitrogens with zero attached hydrogens (tertiary/aromatic N) is 3. The minimum atomic E-state index is -0.721. The van der Waals surface area contributed by atoms with Gasteiger partial charge in [0, 0.05) is 48.9 Å². The number of benzene rings is 1. The van der Waals surface area contributed by atoms with Crippen LogP contribution in [0.25, 0.3) is 0 Å². The predicted octanol–water partition coefficient (Wildman–Crippen LogP) is 4.82. The van der Waals surface area contributed by atoms with Crippen LogP contribution in [0.1, 0.15) is 59.3 Å². The Morgan fingerprint density at radius 1 is 1.10 bits per heavy atom. The number of likely N-dealkylation sites (tertiary alicyclic amines) is 1. The summed E-state index contributed by atoms with van der Waals surface area (Å²) < 4.78 is 4.53. The van der Waals surface area contributed by atoms with Gasteiger partial charge in [0.15, 0.2) is 0 Å². The van der Waals surface area contributed by atoms with Crippen LogP contribution in [0.3, 0.4) is 0 Å². The maximum atomic E-state index is 14.7. The van der Waals surface area contributed by atoms with E-state index in [-0.39, 0.29) is 31.0 Å². The summed E-state index contributed by atoms with van der Waals surface area (Å²) in [5, 5.41) is 9.45. The van der Waals surface area contributed by atoms with Crippen LogP contribution in [0, 0.1) is 11.8 Å². The number of fused-ring (bicyclic) bond motifs is 1. The second-order valence-corrected chi connectivity index (χ2v) is 13.6. The summed E-state index contributed by atoms with van der Waals surface area (Å²) in [6.07, 6.45) is 7.47. The molecule has 3 saturated heterocycles. The molecule has 1 spiro atoms. The number of carbonyl (C=O) groups excluding carboxylic acids is 3. The average molecular weight is 598 g/mol. The summed E-state index contributed by atoms with van der Waals surface area (Å²) in [5.74, 6) is -1.86. The molecule has 3 aliphatic heterocycles. The Morgan fingerprint density at radius 3 is 2.40 bits per heavy atom. The number of ether oxygens (including phenoxy) is 1.